The Hall–Kier alpha value is -2.01. The van der Waals surface area contributed by atoms with E-state index in [9.17, 15) is 26.4 Å². The summed E-state index contributed by atoms with van der Waals surface area (Å²) in [6.45, 7) is 8.43. The van der Waals surface area contributed by atoms with Crippen molar-refractivity contribution in [2.45, 2.75) is 69.5 Å². The fourth-order valence-corrected chi connectivity index (χ4v) is 4.80. The summed E-state index contributed by atoms with van der Waals surface area (Å²) in [6, 6.07) is 6.22. The van der Waals surface area contributed by atoms with Gasteiger partial charge in [-0.05, 0) is 70.1 Å². The molecular weight excluding hydrogens is 461 g/mol. The van der Waals surface area contributed by atoms with Crippen molar-refractivity contribution in [3.8, 4) is 5.75 Å². The quantitative estimate of drug-likeness (QED) is 0.455. The first-order valence-corrected chi connectivity index (χ1v) is 12.5. The lowest BCUT2D eigenvalue weighted by molar-refractivity contribution is -0.0500. The fourth-order valence-electron chi connectivity index (χ4n) is 4.34. The Labute approximate surface area is 192 Å². The van der Waals surface area contributed by atoms with Crippen LogP contribution in [0.3, 0.4) is 0 Å². The highest BCUT2D eigenvalue weighted by Gasteiger charge is 2.48. The predicted octanol–water partition coefficient (Wildman–Crippen LogP) is 4.49. The number of hydrogen-bond donors (Lipinski definition) is 0. The smallest absolute Gasteiger partial charge is 0.444 e. The van der Waals surface area contributed by atoms with E-state index in [1.165, 1.54) is 12.1 Å². The number of halogens is 3. The number of carbonyl (C=O) groups excluding carboxylic acids is 1. The van der Waals surface area contributed by atoms with Crippen LogP contribution in [-0.4, -0.2) is 67.6 Å². The molecule has 0 unspecified atom stereocenters. The number of alkyl halides is 3. The molecule has 0 spiro atoms. The standard InChI is InChI=1S/C22H31F3N2O5S/c1-21(2,3)31-20(28)27-14-12-26(13-15-27)18-8-4-16(5-9-18)17-6-10-19(11-7-17)32-33(29,30)22(23,24)25/h6-7,10-11,16,18H,4-5,8-9,12-15H2,1-3H3/t16-,18-. The molecule has 1 heterocycles. The van der Waals surface area contributed by atoms with Crippen LogP contribution in [0.25, 0.3) is 0 Å². The molecule has 2 aliphatic rings. The van der Waals surface area contributed by atoms with Crippen molar-refractivity contribution >= 4 is 16.2 Å². The highest BCUT2D eigenvalue weighted by Crippen LogP contribution is 2.36. The van der Waals surface area contributed by atoms with Crippen molar-refractivity contribution in [1.29, 1.82) is 0 Å². The molecule has 1 aliphatic heterocycles. The Morgan fingerprint density at radius 2 is 1.48 bits per heavy atom. The molecule has 0 aromatic heterocycles. The van der Waals surface area contributed by atoms with Crippen molar-refractivity contribution < 1.29 is 35.3 Å². The topological polar surface area (TPSA) is 76.2 Å². The van der Waals surface area contributed by atoms with E-state index in [4.69, 9.17) is 4.74 Å². The first kappa shape index (κ1) is 25.6. The second-order valence-electron chi connectivity index (χ2n) is 9.56. The molecule has 3 rings (SSSR count). The number of benzene rings is 1. The minimum atomic E-state index is -5.66. The fraction of sp³-hybridized carbons (Fsp3) is 0.682. The van der Waals surface area contributed by atoms with Gasteiger partial charge in [0.2, 0.25) is 0 Å². The summed E-state index contributed by atoms with van der Waals surface area (Å²) < 4.78 is 69.3. The van der Waals surface area contributed by atoms with Crippen LogP contribution < -0.4 is 4.18 Å². The van der Waals surface area contributed by atoms with E-state index in [2.05, 4.69) is 9.08 Å². The normalized spacial score (nSPS) is 23.3. The van der Waals surface area contributed by atoms with Crippen molar-refractivity contribution in [2.75, 3.05) is 26.2 Å². The molecule has 0 atom stereocenters. The van der Waals surface area contributed by atoms with Gasteiger partial charge in [-0.15, -0.1) is 0 Å². The number of rotatable bonds is 4. The Kier molecular flexibility index (Phi) is 7.52. The second-order valence-corrected chi connectivity index (χ2v) is 11.1. The summed E-state index contributed by atoms with van der Waals surface area (Å²) in [7, 11) is -5.66. The molecule has 1 amide bonds. The van der Waals surface area contributed by atoms with Crippen molar-refractivity contribution in [3.05, 3.63) is 29.8 Å². The van der Waals surface area contributed by atoms with Crippen molar-refractivity contribution in [1.82, 2.24) is 9.80 Å². The predicted molar refractivity (Wildman–Crippen MR) is 116 cm³/mol. The molecule has 33 heavy (non-hydrogen) atoms. The van der Waals surface area contributed by atoms with E-state index in [1.54, 1.807) is 17.0 Å². The number of amides is 1. The first-order chi connectivity index (χ1) is 15.2. The van der Waals surface area contributed by atoms with Gasteiger partial charge in [-0.3, -0.25) is 4.90 Å². The number of ether oxygens (including phenoxy) is 1. The van der Waals surface area contributed by atoms with Crippen molar-refractivity contribution in [3.63, 3.8) is 0 Å². The van der Waals surface area contributed by atoms with Crippen molar-refractivity contribution in [2.24, 2.45) is 0 Å². The van der Waals surface area contributed by atoms with Crippen LogP contribution in [0, 0.1) is 0 Å². The van der Waals surface area contributed by atoms with Gasteiger partial charge in [0.15, 0.2) is 0 Å². The molecule has 2 fully saturated rings. The first-order valence-electron chi connectivity index (χ1n) is 11.1. The highest BCUT2D eigenvalue weighted by atomic mass is 32.2. The number of carbonyl (C=O) groups is 1. The zero-order valence-corrected chi connectivity index (χ0v) is 19.9. The summed E-state index contributed by atoms with van der Waals surface area (Å²) in [4.78, 5) is 16.4. The molecular formula is C22H31F3N2O5S. The van der Waals surface area contributed by atoms with Crippen LogP contribution in [-0.2, 0) is 14.9 Å². The van der Waals surface area contributed by atoms with Crippen LogP contribution in [0.4, 0.5) is 18.0 Å². The lowest BCUT2D eigenvalue weighted by Gasteiger charge is -2.42. The average molecular weight is 493 g/mol. The van der Waals surface area contributed by atoms with Gasteiger partial charge >= 0.3 is 21.7 Å². The van der Waals surface area contributed by atoms with E-state index in [0.29, 0.717) is 19.1 Å². The van der Waals surface area contributed by atoms with E-state index in [1.807, 2.05) is 20.8 Å². The molecule has 1 aromatic rings. The largest absolute Gasteiger partial charge is 0.534 e. The van der Waals surface area contributed by atoms with E-state index < -0.39 is 21.2 Å². The number of hydrogen-bond acceptors (Lipinski definition) is 6. The van der Waals surface area contributed by atoms with Crippen LogP contribution in [0.5, 0.6) is 5.75 Å². The molecule has 1 saturated heterocycles. The van der Waals surface area contributed by atoms with E-state index >= 15 is 0 Å². The summed E-state index contributed by atoms with van der Waals surface area (Å²) in [6.07, 6.45) is 3.55. The monoisotopic (exact) mass is 492 g/mol. The summed E-state index contributed by atoms with van der Waals surface area (Å²) >= 11 is 0. The molecule has 1 aliphatic carbocycles. The molecule has 0 radical (unpaired) electrons. The summed E-state index contributed by atoms with van der Waals surface area (Å²) in [5, 5.41) is 0. The molecule has 7 nitrogen and oxygen atoms in total. The van der Waals surface area contributed by atoms with Gasteiger partial charge in [-0.1, -0.05) is 12.1 Å². The Balaban J connectivity index is 1.47. The third kappa shape index (κ3) is 6.75. The van der Waals surface area contributed by atoms with Gasteiger partial charge in [0.25, 0.3) is 0 Å². The summed E-state index contributed by atoms with van der Waals surface area (Å²) in [5.74, 6) is -0.0924. The Morgan fingerprint density at radius 1 is 0.939 bits per heavy atom. The maximum atomic E-state index is 12.5. The van der Waals surface area contributed by atoms with Gasteiger partial charge < -0.3 is 13.8 Å². The second kappa shape index (κ2) is 9.69. The van der Waals surface area contributed by atoms with Gasteiger partial charge in [-0.2, -0.15) is 21.6 Å². The van der Waals surface area contributed by atoms with Gasteiger partial charge in [-0.25, -0.2) is 4.79 Å². The maximum absolute atomic E-state index is 12.5. The number of piperazine rings is 1. The molecule has 1 saturated carbocycles. The highest BCUT2D eigenvalue weighted by molar-refractivity contribution is 7.88. The minimum absolute atomic E-state index is 0.262. The SMILES string of the molecule is CC(C)(C)OC(=O)N1CCN([C@H]2CC[C@H](c3ccc(OS(=O)(=O)C(F)(F)F)cc3)CC2)CC1. The van der Waals surface area contributed by atoms with Gasteiger partial charge in [0, 0.05) is 32.2 Å². The minimum Gasteiger partial charge on any atom is -0.444 e. The molecule has 186 valence electrons. The average Bonchev–Trinajstić information content (AvgIpc) is 2.72. The molecule has 1 aromatic carbocycles. The van der Waals surface area contributed by atoms with Gasteiger partial charge in [0.1, 0.15) is 11.4 Å². The lowest BCUT2D eigenvalue weighted by Crippen LogP contribution is -2.53. The van der Waals surface area contributed by atoms with E-state index in [0.717, 1.165) is 44.3 Å². The maximum Gasteiger partial charge on any atom is 0.534 e. The Morgan fingerprint density at radius 3 is 1.97 bits per heavy atom. The summed E-state index contributed by atoms with van der Waals surface area (Å²) in [5.41, 5.74) is -5.01. The number of nitrogens with zero attached hydrogens (tertiary/aromatic N) is 2. The van der Waals surface area contributed by atoms with Crippen LogP contribution in [0.1, 0.15) is 57.9 Å². The zero-order chi connectivity index (χ0) is 24.4. The van der Waals surface area contributed by atoms with E-state index in [-0.39, 0.29) is 17.8 Å². The lowest BCUT2D eigenvalue weighted by atomic mass is 9.81. The van der Waals surface area contributed by atoms with Crippen LogP contribution in [0.2, 0.25) is 0 Å². The molecule has 0 N–H and O–H groups in total. The third-order valence-corrected chi connectivity index (χ3v) is 7.00. The zero-order valence-electron chi connectivity index (χ0n) is 19.1. The third-order valence-electron chi connectivity index (χ3n) is 6.02. The molecule has 11 heteroatoms. The van der Waals surface area contributed by atoms with Crippen LogP contribution >= 0.6 is 0 Å². The Bertz CT molecular complexity index is 913. The van der Waals surface area contributed by atoms with Gasteiger partial charge in [0.05, 0.1) is 0 Å². The molecule has 0 bridgehead atoms. The van der Waals surface area contributed by atoms with Crippen LogP contribution in [0.15, 0.2) is 24.3 Å².